The van der Waals surface area contributed by atoms with Crippen molar-refractivity contribution in [2.24, 2.45) is 9.98 Å². The summed E-state index contributed by atoms with van der Waals surface area (Å²) in [5.41, 5.74) is 8.46. The van der Waals surface area contributed by atoms with Gasteiger partial charge in [0.05, 0.1) is 17.1 Å². The summed E-state index contributed by atoms with van der Waals surface area (Å²) in [7, 11) is 0. The summed E-state index contributed by atoms with van der Waals surface area (Å²) in [6.07, 6.45) is -2.98. The number of carbonyl (C=O) groups excluding carboxylic acids is 2. The molecule has 3 aromatic rings. The Bertz CT molecular complexity index is 1580. The quantitative estimate of drug-likeness (QED) is 0.299. The van der Waals surface area contributed by atoms with Crippen LogP contribution in [-0.2, 0) is 11.2 Å². The number of nitrogens with one attached hydrogen (secondary N) is 2. The molecule has 5 rings (SSSR count). The minimum absolute atomic E-state index is 0.105. The number of thioether (sulfide) groups is 1. The Balaban J connectivity index is 1.13. The van der Waals surface area contributed by atoms with Crippen molar-refractivity contribution in [1.82, 2.24) is 10.7 Å². The van der Waals surface area contributed by atoms with Gasteiger partial charge in [0.1, 0.15) is 18.3 Å². The molecular formula is C31H31F3N6O3S. The number of rotatable bonds is 8. The van der Waals surface area contributed by atoms with Crippen LogP contribution in [0.2, 0.25) is 0 Å². The number of aliphatic imine (C=N–C) groups is 2. The second-order valence-corrected chi connectivity index (χ2v) is 11.5. The number of hydrogen-bond donors (Lipinski definition) is 2. The Morgan fingerprint density at radius 2 is 1.86 bits per heavy atom. The zero-order valence-corrected chi connectivity index (χ0v) is 25.1. The Morgan fingerprint density at radius 3 is 2.55 bits per heavy atom. The SMILES string of the molecule is Cc1ccc(C(C)C)c(N2C(=O)CS/C2=N\C(=O)NCCc2ccc(C3N=CN(c4ccc(OC(F)(F)F)cc4)N3)cc2)c1. The number of carbonyl (C=O) groups is 2. The number of hydrogen-bond acceptors (Lipinski definition) is 7. The highest BCUT2D eigenvalue weighted by molar-refractivity contribution is 8.15. The first kappa shape index (κ1) is 31.1. The zero-order valence-electron chi connectivity index (χ0n) is 24.3. The molecule has 0 radical (unpaired) electrons. The first-order valence-electron chi connectivity index (χ1n) is 13.9. The third-order valence-electron chi connectivity index (χ3n) is 6.94. The molecule has 13 heteroatoms. The van der Waals surface area contributed by atoms with Crippen molar-refractivity contribution in [1.29, 1.82) is 0 Å². The Morgan fingerprint density at radius 1 is 1.14 bits per heavy atom. The Hall–Kier alpha value is -4.36. The number of nitrogens with zero attached hydrogens (tertiary/aromatic N) is 4. The third-order valence-corrected chi connectivity index (χ3v) is 7.86. The minimum atomic E-state index is -4.75. The average molecular weight is 625 g/mol. The maximum Gasteiger partial charge on any atom is 0.573 e. The van der Waals surface area contributed by atoms with Crippen LogP contribution in [-0.4, -0.2) is 42.1 Å². The van der Waals surface area contributed by atoms with E-state index in [1.807, 2.05) is 49.4 Å². The molecule has 1 atom stereocenters. The van der Waals surface area contributed by atoms with Crippen LogP contribution in [0.4, 0.5) is 29.3 Å². The van der Waals surface area contributed by atoms with Crippen LogP contribution in [0, 0.1) is 6.92 Å². The van der Waals surface area contributed by atoms with E-state index in [-0.39, 0.29) is 29.5 Å². The fourth-order valence-corrected chi connectivity index (χ4v) is 5.62. The fraction of sp³-hybridized carbons (Fsp3) is 0.290. The smallest absolute Gasteiger partial charge is 0.406 e. The van der Waals surface area contributed by atoms with Crippen LogP contribution < -0.4 is 25.4 Å². The molecule has 0 spiro atoms. The molecule has 1 unspecified atom stereocenters. The zero-order chi connectivity index (χ0) is 31.4. The van der Waals surface area contributed by atoms with Crippen LogP contribution in [0.3, 0.4) is 0 Å². The molecule has 2 aliphatic rings. The summed E-state index contributed by atoms with van der Waals surface area (Å²) in [4.78, 5) is 35.6. The maximum absolute atomic E-state index is 12.8. The van der Waals surface area contributed by atoms with E-state index in [9.17, 15) is 22.8 Å². The molecule has 44 heavy (non-hydrogen) atoms. The van der Waals surface area contributed by atoms with Gasteiger partial charge in [0.15, 0.2) is 5.17 Å². The number of ether oxygens (including phenoxy) is 1. The first-order valence-corrected chi connectivity index (χ1v) is 14.9. The Kier molecular flexibility index (Phi) is 9.25. The van der Waals surface area contributed by atoms with Crippen molar-refractivity contribution < 1.29 is 27.5 Å². The van der Waals surface area contributed by atoms with E-state index in [1.165, 1.54) is 36.0 Å². The van der Waals surface area contributed by atoms with E-state index in [4.69, 9.17) is 0 Å². The number of urea groups is 1. The topological polar surface area (TPSA) is 98.6 Å². The van der Waals surface area contributed by atoms with Crippen molar-refractivity contribution >= 4 is 46.6 Å². The van der Waals surface area contributed by atoms with E-state index in [0.29, 0.717) is 23.8 Å². The number of alkyl halides is 3. The van der Waals surface area contributed by atoms with E-state index in [1.54, 1.807) is 16.2 Å². The molecule has 2 N–H and O–H groups in total. The third kappa shape index (κ3) is 7.58. The van der Waals surface area contributed by atoms with Crippen molar-refractivity contribution in [2.45, 2.75) is 45.6 Å². The summed E-state index contributed by atoms with van der Waals surface area (Å²) in [6, 6.07) is 18.7. The van der Waals surface area contributed by atoms with Crippen molar-refractivity contribution in [3.63, 3.8) is 0 Å². The first-order chi connectivity index (χ1) is 21.0. The van der Waals surface area contributed by atoms with Gasteiger partial charge >= 0.3 is 12.4 Å². The van der Waals surface area contributed by atoms with Crippen LogP contribution in [0.15, 0.2) is 76.7 Å². The Labute approximate surface area is 257 Å². The van der Waals surface area contributed by atoms with Gasteiger partial charge < -0.3 is 10.1 Å². The van der Waals surface area contributed by atoms with Crippen LogP contribution >= 0.6 is 11.8 Å². The number of benzene rings is 3. The van der Waals surface area contributed by atoms with Gasteiger partial charge in [-0.2, -0.15) is 10.4 Å². The molecule has 1 fully saturated rings. The van der Waals surface area contributed by atoms with Gasteiger partial charge in [0, 0.05) is 6.54 Å². The molecule has 9 nitrogen and oxygen atoms in total. The molecule has 0 saturated carbocycles. The van der Waals surface area contributed by atoms with Gasteiger partial charge in [0.25, 0.3) is 0 Å². The molecule has 0 aromatic heterocycles. The predicted molar refractivity (Wildman–Crippen MR) is 166 cm³/mol. The average Bonchev–Trinajstić information content (AvgIpc) is 3.60. The second-order valence-electron chi connectivity index (χ2n) is 10.6. The van der Waals surface area contributed by atoms with Gasteiger partial charge in [-0.25, -0.2) is 9.79 Å². The van der Waals surface area contributed by atoms with Gasteiger partial charge in [-0.15, -0.1) is 13.2 Å². The molecule has 0 aliphatic carbocycles. The lowest BCUT2D eigenvalue weighted by Gasteiger charge is -2.22. The fourth-order valence-electron chi connectivity index (χ4n) is 4.77. The van der Waals surface area contributed by atoms with Crippen molar-refractivity contribution in [3.8, 4) is 5.75 Å². The lowest BCUT2D eigenvalue weighted by molar-refractivity contribution is -0.274. The second kappa shape index (κ2) is 13.1. The molecule has 1 saturated heterocycles. The van der Waals surface area contributed by atoms with Gasteiger partial charge in [0.2, 0.25) is 5.91 Å². The van der Waals surface area contributed by atoms with E-state index >= 15 is 0 Å². The molecule has 3 amide bonds. The molecular weight excluding hydrogens is 593 g/mol. The number of aryl methyl sites for hydroxylation is 1. The van der Waals surface area contributed by atoms with Crippen LogP contribution in [0.1, 0.15) is 48.2 Å². The molecule has 230 valence electrons. The van der Waals surface area contributed by atoms with Gasteiger partial charge in [-0.05, 0) is 71.8 Å². The number of amides is 3. The maximum atomic E-state index is 12.8. The van der Waals surface area contributed by atoms with E-state index < -0.39 is 12.4 Å². The lowest BCUT2D eigenvalue weighted by Crippen LogP contribution is -2.33. The monoisotopic (exact) mass is 624 g/mol. The molecule has 2 heterocycles. The number of amidine groups is 1. The summed E-state index contributed by atoms with van der Waals surface area (Å²) in [5.74, 6) is 0.0187. The molecule has 0 bridgehead atoms. The number of halogens is 3. The number of hydrazine groups is 1. The summed E-state index contributed by atoms with van der Waals surface area (Å²) in [6.45, 7) is 6.45. The van der Waals surface area contributed by atoms with Gasteiger partial charge in [-0.1, -0.05) is 62.0 Å². The largest absolute Gasteiger partial charge is 0.573 e. The van der Waals surface area contributed by atoms with E-state index in [0.717, 1.165) is 27.9 Å². The lowest BCUT2D eigenvalue weighted by atomic mass is 9.99. The standard InChI is InChI=1S/C31H31F3N6O3S/c1-19(2)25-13-4-20(3)16-26(25)40-27(41)17-44-30(40)37-29(42)35-15-14-21-5-7-22(8-6-21)28-36-18-39(38-28)23-9-11-24(12-10-23)43-31(32,33)34/h4-13,16,18-19,28,38H,14-15,17H2,1-3H3,(H,35,42)/b37-30-. The van der Waals surface area contributed by atoms with Crippen molar-refractivity contribution in [2.75, 3.05) is 22.2 Å². The number of anilines is 2. The summed E-state index contributed by atoms with van der Waals surface area (Å²) in [5, 5.41) is 4.80. The highest BCUT2D eigenvalue weighted by Crippen LogP contribution is 2.34. The highest BCUT2D eigenvalue weighted by Gasteiger charge is 2.33. The summed E-state index contributed by atoms with van der Waals surface area (Å²) < 4.78 is 41.1. The van der Waals surface area contributed by atoms with E-state index in [2.05, 4.69) is 39.3 Å². The minimum Gasteiger partial charge on any atom is -0.406 e. The summed E-state index contributed by atoms with van der Waals surface area (Å²) >= 11 is 1.25. The van der Waals surface area contributed by atoms with Crippen LogP contribution in [0.25, 0.3) is 0 Å². The van der Waals surface area contributed by atoms with Crippen molar-refractivity contribution in [3.05, 3.63) is 89.0 Å². The predicted octanol–water partition coefficient (Wildman–Crippen LogP) is 6.46. The molecule has 3 aromatic carbocycles. The molecule has 2 aliphatic heterocycles. The van der Waals surface area contributed by atoms with Crippen LogP contribution in [0.5, 0.6) is 5.75 Å². The highest BCUT2D eigenvalue weighted by atomic mass is 32.2. The van der Waals surface area contributed by atoms with Gasteiger partial charge in [-0.3, -0.25) is 14.7 Å². The normalized spacial score (nSPS) is 17.7.